The Labute approximate surface area is 155 Å². The van der Waals surface area contributed by atoms with Crippen LogP contribution in [0, 0.1) is 17.6 Å². The van der Waals surface area contributed by atoms with E-state index in [-0.39, 0.29) is 29.4 Å². The molecular weight excluding hydrogens is 348 g/mol. The lowest BCUT2D eigenvalue weighted by Gasteiger charge is -2.19. The molecule has 4 nitrogen and oxygen atoms in total. The summed E-state index contributed by atoms with van der Waals surface area (Å²) in [7, 11) is 1.85. The van der Waals surface area contributed by atoms with E-state index in [0.717, 1.165) is 17.5 Å². The second-order valence-electron chi connectivity index (χ2n) is 6.89. The Bertz CT molecular complexity index is 950. The maximum atomic E-state index is 13.3. The third-order valence-electron chi connectivity index (χ3n) is 5.03. The molecule has 1 fully saturated rings. The van der Waals surface area contributed by atoms with Crippen LogP contribution in [0.15, 0.2) is 60.9 Å². The molecule has 138 valence electrons. The molecule has 1 heterocycles. The summed E-state index contributed by atoms with van der Waals surface area (Å²) in [6.07, 6.45) is 4.20. The highest BCUT2D eigenvalue weighted by Gasteiger charge is 2.44. The second kappa shape index (κ2) is 6.95. The van der Waals surface area contributed by atoms with E-state index in [4.69, 9.17) is 0 Å². The lowest BCUT2D eigenvalue weighted by Crippen LogP contribution is -2.32. The van der Waals surface area contributed by atoms with Crippen LogP contribution in [-0.4, -0.2) is 15.5 Å². The molecule has 6 heteroatoms. The van der Waals surface area contributed by atoms with E-state index in [0.29, 0.717) is 5.82 Å². The molecule has 0 aliphatic heterocycles. The van der Waals surface area contributed by atoms with Crippen molar-refractivity contribution in [3.63, 3.8) is 0 Å². The Morgan fingerprint density at radius 3 is 2.33 bits per heavy atom. The van der Waals surface area contributed by atoms with Crippen LogP contribution in [0.3, 0.4) is 0 Å². The first-order valence-corrected chi connectivity index (χ1v) is 8.81. The van der Waals surface area contributed by atoms with Crippen LogP contribution in [0.1, 0.15) is 35.3 Å². The summed E-state index contributed by atoms with van der Waals surface area (Å²) in [6.45, 7) is 0. The number of amides is 1. The van der Waals surface area contributed by atoms with E-state index in [2.05, 4.69) is 10.3 Å². The summed E-state index contributed by atoms with van der Waals surface area (Å²) in [6, 6.07) is 11.9. The first kappa shape index (κ1) is 17.4. The number of nitrogens with zero attached hydrogens (tertiary/aromatic N) is 2. The van der Waals surface area contributed by atoms with Gasteiger partial charge in [0.1, 0.15) is 23.5 Å². The second-order valence-corrected chi connectivity index (χ2v) is 6.89. The van der Waals surface area contributed by atoms with Crippen molar-refractivity contribution >= 4 is 5.91 Å². The van der Waals surface area contributed by atoms with Crippen molar-refractivity contribution < 1.29 is 13.6 Å². The van der Waals surface area contributed by atoms with Crippen molar-refractivity contribution in [2.75, 3.05) is 0 Å². The van der Waals surface area contributed by atoms with Crippen molar-refractivity contribution in [3.05, 3.63) is 89.5 Å². The van der Waals surface area contributed by atoms with E-state index >= 15 is 0 Å². The summed E-state index contributed by atoms with van der Waals surface area (Å²) in [5, 5.41) is 3.05. The summed E-state index contributed by atoms with van der Waals surface area (Å²) in [5.41, 5.74) is 1.73. The van der Waals surface area contributed by atoms with Gasteiger partial charge in [0, 0.05) is 25.4 Å². The Balaban J connectivity index is 1.53. The zero-order valence-electron chi connectivity index (χ0n) is 14.8. The summed E-state index contributed by atoms with van der Waals surface area (Å²) in [4.78, 5) is 17.2. The Morgan fingerprint density at radius 1 is 1.11 bits per heavy atom. The predicted octanol–water partition coefficient (Wildman–Crippen LogP) is 3.71. The number of halogens is 2. The number of hydrogen-bond donors (Lipinski definition) is 1. The molecule has 4 rings (SSSR count). The highest BCUT2D eigenvalue weighted by molar-refractivity contribution is 5.83. The number of aromatic nitrogens is 2. The van der Waals surface area contributed by atoms with Crippen molar-refractivity contribution in [2.24, 2.45) is 13.0 Å². The normalized spacial score (nSPS) is 19.5. The van der Waals surface area contributed by atoms with Crippen molar-refractivity contribution in [3.8, 4) is 0 Å². The third kappa shape index (κ3) is 3.60. The highest BCUT2D eigenvalue weighted by Crippen LogP contribution is 2.47. The Hall–Kier alpha value is -3.02. The average Bonchev–Trinajstić information content (AvgIpc) is 3.35. The van der Waals surface area contributed by atoms with Gasteiger partial charge in [0.25, 0.3) is 0 Å². The number of aryl methyl sites for hydroxylation is 1. The number of nitrogens with one attached hydrogen (secondary N) is 1. The van der Waals surface area contributed by atoms with Gasteiger partial charge in [0.15, 0.2) is 0 Å². The van der Waals surface area contributed by atoms with Gasteiger partial charge in [-0.05, 0) is 47.7 Å². The number of hydrogen-bond acceptors (Lipinski definition) is 2. The van der Waals surface area contributed by atoms with Crippen LogP contribution >= 0.6 is 0 Å². The molecule has 1 saturated carbocycles. The maximum absolute atomic E-state index is 13.3. The molecule has 27 heavy (non-hydrogen) atoms. The van der Waals surface area contributed by atoms with Crippen molar-refractivity contribution in [1.82, 2.24) is 14.9 Å². The van der Waals surface area contributed by atoms with E-state index < -0.39 is 6.04 Å². The lowest BCUT2D eigenvalue weighted by molar-refractivity contribution is -0.123. The number of rotatable bonds is 5. The largest absolute Gasteiger partial charge is 0.342 e. The van der Waals surface area contributed by atoms with Gasteiger partial charge in [0.2, 0.25) is 5.91 Å². The van der Waals surface area contributed by atoms with Gasteiger partial charge >= 0.3 is 0 Å². The number of imidazole rings is 1. The van der Waals surface area contributed by atoms with Gasteiger partial charge in [-0.1, -0.05) is 24.3 Å². The van der Waals surface area contributed by atoms with Gasteiger partial charge in [-0.15, -0.1) is 0 Å². The first-order chi connectivity index (χ1) is 13.0. The predicted molar refractivity (Wildman–Crippen MR) is 96.8 cm³/mol. The topological polar surface area (TPSA) is 46.9 Å². The molecule has 3 unspecified atom stereocenters. The quantitative estimate of drug-likeness (QED) is 0.747. The van der Waals surface area contributed by atoms with E-state index in [9.17, 15) is 13.6 Å². The Morgan fingerprint density at radius 2 is 1.74 bits per heavy atom. The molecule has 1 N–H and O–H groups in total. The van der Waals surface area contributed by atoms with Crippen LogP contribution in [0.5, 0.6) is 0 Å². The van der Waals surface area contributed by atoms with Gasteiger partial charge in [-0.2, -0.15) is 0 Å². The van der Waals surface area contributed by atoms with Crippen LogP contribution in [0.4, 0.5) is 8.78 Å². The summed E-state index contributed by atoms with van der Waals surface area (Å²) < 4.78 is 28.2. The summed E-state index contributed by atoms with van der Waals surface area (Å²) >= 11 is 0. The molecule has 1 aromatic heterocycles. The number of benzene rings is 2. The molecule has 2 aromatic carbocycles. The molecule has 1 aliphatic rings. The van der Waals surface area contributed by atoms with Gasteiger partial charge in [-0.3, -0.25) is 4.79 Å². The summed E-state index contributed by atoms with van der Waals surface area (Å²) in [5.74, 6) is -0.0797. The van der Waals surface area contributed by atoms with E-state index in [1.807, 2.05) is 11.6 Å². The van der Waals surface area contributed by atoms with Crippen LogP contribution < -0.4 is 5.32 Å². The number of carbonyl (C=O) groups excluding carboxylic acids is 1. The molecule has 3 aromatic rings. The fraction of sp³-hybridized carbons (Fsp3) is 0.238. The zero-order valence-corrected chi connectivity index (χ0v) is 14.8. The lowest BCUT2D eigenvalue weighted by atomic mass is 10.0. The maximum Gasteiger partial charge on any atom is 0.224 e. The van der Waals surface area contributed by atoms with Gasteiger partial charge < -0.3 is 9.88 Å². The van der Waals surface area contributed by atoms with Crippen LogP contribution in [-0.2, 0) is 11.8 Å². The minimum Gasteiger partial charge on any atom is -0.342 e. The first-order valence-electron chi connectivity index (χ1n) is 8.81. The minimum atomic E-state index is -0.465. The van der Waals surface area contributed by atoms with Crippen LogP contribution in [0.2, 0.25) is 0 Å². The van der Waals surface area contributed by atoms with Crippen LogP contribution in [0.25, 0.3) is 0 Å². The Kier molecular flexibility index (Phi) is 4.48. The highest BCUT2D eigenvalue weighted by atomic mass is 19.1. The minimum absolute atomic E-state index is 0.0818. The molecular formula is C21H19F2N3O. The van der Waals surface area contributed by atoms with Gasteiger partial charge in [0.05, 0.1) is 0 Å². The molecule has 0 radical (unpaired) electrons. The third-order valence-corrected chi connectivity index (χ3v) is 5.03. The molecule has 0 spiro atoms. The molecule has 3 atom stereocenters. The monoisotopic (exact) mass is 367 g/mol. The van der Waals surface area contributed by atoms with E-state index in [1.54, 1.807) is 36.7 Å². The smallest absolute Gasteiger partial charge is 0.224 e. The SMILES string of the molecule is Cn1ccnc1C(NC(=O)C1CC1c1ccc(F)cc1)c1ccc(F)cc1. The average molecular weight is 367 g/mol. The van der Waals surface area contributed by atoms with Crippen molar-refractivity contribution in [1.29, 1.82) is 0 Å². The molecule has 0 bridgehead atoms. The fourth-order valence-electron chi connectivity index (χ4n) is 3.42. The number of carbonyl (C=O) groups is 1. The van der Waals surface area contributed by atoms with Crippen molar-refractivity contribution in [2.45, 2.75) is 18.4 Å². The molecule has 1 amide bonds. The standard InChI is InChI=1S/C21H19F2N3O/c1-26-11-10-24-20(26)19(14-4-8-16(23)9-5-14)25-21(27)18-12-17(18)13-2-6-15(22)7-3-13/h2-11,17-19H,12H2,1H3,(H,25,27). The molecule has 1 aliphatic carbocycles. The molecule has 0 saturated heterocycles. The van der Waals surface area contributed by atoms with E-state index in [1.165, 1.54) is 24.3 Å². The van der Waals surface area contributed by atoms with Gasteiger partial charge in [-0.25, -0.2) is 13.8 Å². The zero-order chi connectivity index (χ0) is 19.0. The fourth-order valence-corrected chi connectivity index (χ4v) is 3.42.